The van der Waals surface area contributed by atoms with Crippen molar-refractivity contribution in [2.45, 2.75) is 33.1 Å². The monoisotopic (exact) mass is 309 g/mol. The van der Waals surface area contributed by atoms with E-state index >= 15 is 0 Å². The molecule has 2 aromatic carbocycles. The van der Waals surface area contributed by atoms with Crippen LogP contribution >= 0.6 is 0 Å². The lowest BCUT2D eigenvalue weighted by Gasteiger charge is -2.22. The molecule has 23 heavy (non-hydrogen) atoms. The van der Waals surface area contributed by atoms with Gasteiger partial charge in [-0.1, -0.05) is 24.3 Å². The van der Waals surface area contributed by atoms with Crippen LogP contribution in [0.2, 0.25) is 0 Å². The van der Waals surface area contributed by atoms with Crippen LogP contribution in [0.15, 0.2) is 42.5 Å². The largest absolute Gasteiger partial charge is 0.311 e. The summed E-state index contributed by atoms with van der Waals surface area (Å²) >= 11 is 0. The van der Waals surface area contributed by atoms with Crippen LogP contribution in [-0.4, -0.2) is 19.2 Å². The zero-order valence-electron chi connectivity index (χ0n) is 14.4. The van der Waals surface area contributed by atoms with E-state index in [4.69, 9.17) is 0 Å². The van der Waals surface area contributed by atoms with Gasteiger partial charge in [-0.25, -0.2) is 0 Å². The van der Waals surface area contributed by atoms with Gasteiger partial charge < -0.3 is 9.69 Å². The highest BCUT2D eigenvalue weighted by molar-refractivity contribution is 6.06. The Hall–Kier alpha value is -2.42. The second kappa shape index (κ2) is 6.37. The molecule has 0 saturated carbocycles. The number of nitrogens with zero attached hydrogens (tertiary/aromatic N) is 1. The van der Waals surface area contributed by atoms with Crippen molar-refractivity contribution in [3.05, 3.63) is 64.7 Å². The van der Waals surface area contributed by atoms with Crippen molar-refractivity contribution in [3.63, 3.8) is 0 Å². The average Bonchev–Trinajstić information content (AvgIpc) is 2.53. The highest BCUT2D eigenvalue weighted by atomic mass is 16.2. The first kappa shape index (κ1) is 16.9. The summed E-state index contributed by atoms with van der Waals surface area (Å²) in [5.41, 5.74) is 3.88. The van der Waals surface area contributed by atoms with E-state index < -0.39 is 5.41 Å². The number of carbonyl (C=O) groups is 2. The highest BCUT2D eigenvalue weighted by Crippen LogP contribution is 2.25. The van der Waals surface area contributed by atoms with Crippen LogP contribution in [0.25, 0.3) is 0 Å². The summed E-state index contributed by atoms with van der Waals surface area (Å²) in [6, 6.07) is 13.4. The van der Waals surface area contributed by atoms with Gasteiger partial charge in [-0.15, -0.1) is 0 Å². The van der Waals surface area contributed by atoms with Crippen LogP contribution in [0.4, 0.5) is 5.69 Å². The van der Waals surface area contributed by atoms with Crippen molar-refractivity contribution in [1.82, 2.24) is 0 Å². The van der Waals surface area contributed by atoms with Gasteiger partial charge in [0.2, 0.25) is 0 Å². The molecular formula is C20H23NO2. The Balaban J connectivity index is 2.35. The fraction of sp³-hybridized carbons (Fsp3) is 0.300. The molecule has 0 spiro atoms. The molecular weight excluding hydrogens is 286 g/mol. The first-order valence-corrected chi connectivity index (χ1v) is 7.68. The molecule has 0 fully saturated rings. The molecule has 120 valence electrons. The number of anilines is 1. The molecule has 0 heterocycles. The van der Waals surface area contributed by atoms with Gasteiger partial charge in [0.25, 0.3) is 5.91 Å². The van der Waals surface area contributed by atoms with Gasteiger partial charge >= 0.3 is 0 Å². The quantitative estimate of drug-likeness (QED) is 0.799. The summed E-state index contributed by atoms with van der Waals surface area (Å²) in [5.74, 6) is -0.0523. The number of carbonyl (C=O) groups excluding carboxylic acids is 2. The second-order valence-corrected chi connectivity index (χ2v) is 6.57. The fourth-order valence-corrected chi connectivity index (χ4v) is 2.51. The minimum absolute atomic E-state index is 0.0523. The molecule has 0 radical (unpaired) electrons. The molecule has 2 aromatic rings. The summed E-state index contributed by atoms with van der Waals surface area (Å²) in [6.45, 7) is 7.65. The number of amides is 1. The van der Waals surface area contributed by atoms with Crippen molar-refractivity contribution in [2.24, 2.45) is 0 Å². The second-order valence-electron chi connectivity index (χ2n) is 6.57. The van der Waals surface area contributed by atoms with E-state index in [9.17, 15) is 9.59 Å². The van der Waals surface area contributed by atoms with E-state index in [1.54, 1.807) is 11.9 Å². The van der Waals surface area contributed by atoms with E-state index in [-0.39, 0.29) is 5.91 Å². The van der Waals surface area contributed by atoms with E-state index in [0.717, 1.165) is 28.7 Å². The predicted molar refractivity (Wildman–Crippen MR) is 94.2 cm³/mol. The average molecular weight is 309 g/mol. The number of rotatable bonds is 4. The number of aryl methyl sites for hydroxylation is 2. The Labute approximate surface area is 137 Å². The third kappa shape index (κ3) is 3.50. The molecule has 0 unspecified atom stereocenters. The first-order chi connectivity index (χ1) is 10.8. The van der Waals surface area contributed by atoms with Crippen molar-refractivity contribution in [2.75, 3.05) is 11.9 Å². The summed E-state index contributed by atoms with van der Waals surface area (Å²) in [5, 5.41) is 0. The Morgan fingerprint density at radius 3 is 2.35 bits per heavy atom. The van der Waals surface area contributed by atoms with Crippen LogP contribution in [-0.2, 0) is 10.2 Å². The van der Waals surface area contributed by atoms with Crippen LogP contribution in [0.1, 0.15) is 40.9 Å². The molecule has 0 atom stereocenters. The van der Waals surface area contributed by atoms with Gasteiger partial charge in [-0.3, -0.25) is 4.79 Å². The SMILES string of the molecule is Cc1cccc(N(C)C(=O)c2ccc(C(C)(C)C=O)cc2C)c1. The van der Waals surface area contributed by atoms with E-state index in [1.165, 1.54) is 0 Å². The van der Waals surface area contributed by atoms with Gasteiger partial charge in [0.05, 0.1) is 0 Å². The minimum Gasteiger partial charge on any atom is -0.311 e. The summed E-state index contributed by atoms with van der Waals surface area (Å²) < 4.78 is 0. The summed E-state index contributed by atoms with van der Waals surface area (Å²) in [7, 11) is 1.78. The van der Waals surface area contributed by atoms with Gasteiger partial charge in [0.15, 0.2) is 0 Å². The van der Waals surface area contributed by atoms with Gasteiger partial charge in [-0.05, 0) is 62.6 Å². The molecule has 3 heteroatoms. The van der Waals surface area contributed by atoms with Gasteiger partial charge in [-0.2, -0.15) is 0 Å². The minimum atomic E-state index is -0.547. The Kier molecular flexibility index (Phi) is 4.69. The fourth-order valence-electron chi connectivity index (χ4n) is 2.51. The number of aldehydes is 1. The first-order valence-electron chi connectivity index (χ1n) is 7.68. The van der Waals surface area contributed by atoms with Crippen LogP contribution in [0, 0.1) is 13.8 Å². The molecule has 2 rings (SSSR count). The molecule has 0 bridgehead atoms. The maximum Gasteiger partial charge on any atom is 0.258 e. The molecule has 0 aromatic heterocycles. The molecule has 0 N–H and O–H groups in total. The normalized spacial score (nSPS) is 11.2. The predicted octanol–water partition coefficient (Wildman–Crippen LogP) is 4.06. The number of hydrogen-bond donors (Lipinski definition) is 0. The van der Waals surface area contributed by atoms with Crippen molar-refractivity contribution >= 4 is 17.9 Å². The van der Waals surface area contributed by atoms with E-state index in [2.05, 4.69) is 0 Å². The molecule has 0 aliphatic heterocycles. The standard InChI is InChI=1S/C20H23NO2/c1-14-7-6-8-17(11-14)21(5)19(23)18-10-9-16(12-15(18)2)20(3,4)13-22/h6-13H,1-5H3. The Morgan fingerprint density at radius 2 is 1.78 bits per heavy atom. The number of hydrogen-bond acceptors (Lipinski definition) is 2. The molecule has 3 nitrogen and oxygen atoms in total. The van der Waals surface area contributed by atoms with Gasteiger partial charge in [0, 0.05) is 23.7 Å². The molecule has 1 amide bonds. The molecule has 0 aliphatic carbocycles. The maximum absolute atomic E-state index is 12.8. The lowest BCUT2D eigenvalue weighted by Crippen LogP contribution is -2.27. The van der Waals surface area contributed by atoms with Crippen LogP contribution in [0.5, 0.6) is 0 Å². The van der Waals surface area contributed by atoms with E-state index in [1.807, 2.05) is 70.2 Å². The van der Waals surface area contributed by atoms with Gasteiger partial charge in [0.1, 0.15) is 6.29 Å². The molecule has 0 aliphatic rings. The van der Waals surface area contributed by atoms with Crippen molar-refractivity contribution in [1.29, 1.82) is 0 Å². The topological polar surface area (TPSA) is 37.4 Å². The lowest BCUT2D eigenvalue weighted by molar-refractivity contribution is -0.111. The van der Waals surface area contributed by atoms with Crippen molar-refractivity contribution < 1.29 is 9.59 Å². The summed E-state index contributed by atoms with van der Waals surface area (Å²) in [4.78, 5) is 25.6. The lowest BCUT2D eigenvalue weighted by atomic mass is 9.84. The highest BCUT2D eigenvalue weighted by Gasteiger charge is 2.22. The number of benzene rings is 2. The summed E-state index contributed by atoms with van der Waals surface area (Å²) in [6.07, 6.45) is 0.933. The third-order valence-electron chi connectivity index (χ3n) is 4.19. The van der Waals surface area contributed by atoms with E-state index in [0.29, 0.717) is 5.56 Å². The van der Waals surface area contributed by atoms with Crippen LogP contribution in [0.3, 0.4) is 0 Å². The third-order valence-corrected chi connectivity index (χ3v) is 4.19. The zero-order chi connectivity index (χ0) is 17.2. The smallest absolute Gasteiger partial charge is 0.258 e. The maximum atomic E-state index is 12.8. The molecule has 0 saturated heterocycles. The van der Waals surface area contributed by atoms with Crippen molar-refractivity contribution in [3.8, 4) is 0 Å². The Bertz CT molecular complexity index is 747. The van der Waals surface area contributed by atoms with Crippen LogP contribution < -0.4 is 4.90 Å². The Morgan fingerprint density at radius 1 is 1.09 bits per heavy atom. The zero-order valence-corrected chi connectivity index (χ0v) is 14.4.